The number of aromatic nitrogens is 2. The molecule has 4 rings (SSSR count). The van der Waals surface area contributed by atoms with Gasteiger partial charge in [-0.3, -0.25) is 10.00 Å². The number of piperidine rings is 1. The molecule has 5 nitrogen and oxygen atoms in total. The lowest BCUT2D eigenvalue weighted by Gasteiger charge is -2.32. The zero-order chi connectivity index (χ0) is 18.6. The zero-order valence-electron chi connectivity index (χ0n) is 15.5. The zero-order valence-corrected chi connectivity index (χ0v) is 16.2. The first kappa shape index (κ1) is 18.3. The highest BCUT2D eigenvalue weighted by atomic mass is 35.5. The van der Waals surface area contributed by atoms with Crippen LogP contribution >= 0.6 is 11.6 Å². The summed E-state index contributed by atoms with van der Waals surface area (Å²) >= 11 is 6.03. The second kappa shape index (κ2) is 8.30. The largest absolute Gasteiger partial charge is 0.462 e. The van der Waals surface area contributed by atoms with E-state index < -0.39 is 0 Å². The van der Waals surface area contributed by atoms with E-state index in [4.69, 9.17) is 20.8 Å². The Morgan fingerprint density at radius 3 is 2.85 bits per heavy atom. The summed E-state index contributed by atoms with van der Waals surface area (Å²) in [5.74, 6) is 2.30. The van der Waals surface area contributed by atoms with E-state index in [1.165, 1.54) is 11.3 Å². The molecule has 1 aliphatic rings. The molecule has 1 aromatic carbocycles. The molecule has 1 fully saturated rings. The maximum atomic E-state index is 6.03. The molecule has 6 heteroatoms. The molecule has 0 unspecified atom stereocenters. The molecule has 3 aromatic rings. The number of halogens is 1. The Balaban J connectivity index is 1.47. The number of aromatic amines is 1. The normalized spacial score (nSPS) is 18.1. The fourth-order valence-corrected chi connectivity index (χ4v) is 3.98. The van der Waals surface area contributed by atoms with Crippen molar-refractivity contribution in [3.63, 3.8) is 0 Å². The smallest absolute Gasteiger partial charge is 0.129 e. The van der Waals surface area contributed by atoms with Crippen LogP contribution in [0.25, 0.3) is 11.1 Å². The third-order valence-electron chi connectivity index (χ3n) is 5.12. The minimum atomic E-state index is 0.431. The van der Waals surface area contributed by atoms with E-state index in [-0.39, 0.29) is 0 Å². The van der Waals surface area contributed by atoms with Gasteiger partial charge in [-0.2, -0.15) is 5.10 Å². The van der Waals surface area contributed by atoms with Crippen LogP contribution in [0.4, 0.5) is 0 Å². The number of methoxy groups -OCH3 is 1. The Hall–Kier alpha value is -2.08. The van der Waals surface area contributed by atoms with Gasteiger partial charge in [0.15, 0.2) is 0 Å². The number of H-pyrrole nitrogens is 1. The van der Waals surface area contributed by atoms with Crippen LogP contribution in [0, 0.1) is 0 Å². The molecule has 27 heavy (non-hydrogen) atoms. The molecule has 1 aliphatic heterocycles. The highest BCUT2D eigenvalue weighted by Crippen LogP contribution is 2.33. The topological polar surface area (TPSA) is 54.3 Å². The van der Waals surface area contributed by atoms with Gasteiger partial charge in [-0.15, -0.1) is 0 Å². The first-order valence-corrected chi connectivity index (χ1v) is 9.69. The van der Waals surface area contributed by atoms with E-state index in [9.17, 15) is 0 Å². The summed E-state index contributed by atoms with van der Waals surface area (Å²) in [4.78, 5) is 2.45. The monoisotopic (exact) mass is 385 g/mol. The molecule has 1 saturated heterocycles. The lowest BCUT2D eigenvalue weighted by Crippen LogP contribution is -2.34. The maximum absolute atomic E-state index is 6.03. The van der Waals surface area contributed by atoms with E-state index in [2.05, 4.69) is 27.2 Å². The molecule has 0 bridgehead atoms. The van der Waals surface area contributed by atoms with E-state index in [0.29, 0.717) is 12.5 Å². The van der Waals surface area contributed by atoms with E-state index in [0.717, 1.165) is 54.6 Å². The van der Waals surface area contributed by atoms with Crippen molar-refractivity contribution < 1.29 is 9.15 Å². The number of hydrogen-bond donors (Lipinski definition) is 1. The summed E-state index contributed by atoms with van der Waals surface area (Å²) in [6.07, 6.45) is 4.24. The molecule has 1 N–H and O–H groups in total. The van der Waals surface area contributed by atoms with Gasteiger partial charge in [0.1, 0.15) is 18.1 Å². The molecule has 1 atom stereocenters. The number of likely N-dealkylation sites (tertiary alicyclic amines) is 1. The summed E-state index contributed by atoms with van der Waals surface area (Å²) < 4.78 is 11.0. The van der Waals surface area contributed by atoms with Gasteiger partial charge in [0.2, 0.25) is 0 Å². The van der Waals surface area contributed by atoms with Crippen molar-refractivity contribution in [2.24, 2.45) is 0 Å². The molecule has 0 amide bonds. The lowest BCUT2D eigenvalue weighted by atomic mass is 9.90. The summed E-state index contributed by atoms with van der Waals surface area (Å²) in [7, 11) is 1.68. The van der Waals surface area contributed by atoms with Gasteiger partial charge in [0, 0.05) is 35.9 Å². The Labute approximate surface area is 164 Å². The number of hydrogen-bond acceptors (Lipinski definition) is 4. The SMILES string of the molecule is COCc1ccc(CN2CCC[C@@H](c3[nH]ncc3-c3ccc(Cl)cc3)C2)o1. The molecule has 142 valence electrons. The predicted molar refractivity (Wildman–Crippen MR) is 106 cm³/mol. The van der Waals surface area contributed by atoms with Crippen molar-refractivity contribution in [3.8, 4) is 11.1 Å². The lowest BCUT2D eigenvalue weighted by molar-refractivity contribution is 0.153. The Kier molecular flexibility index (Phi) is 5.62. The fourth-order valence-electron chi connectivity index (χ4n) is 3.85. The highest BCUT2D eigenvalue weighted by Gasteiger charge is 2.25. The van der Waals surface area contributed by atoms with Crippen LogP contribution in [0.1, 0.15) is 36.0 Å². The number of benzene rings is 1. The first-order valence-electron chi connectivity index (χ1n) is 9.31. The van der Waals surface area contributed by atoms with Crippen molar-refractivity contribution >= 4 is 11.6 Å². The Morgan fingerprint density at radius 1 is 1.22 bits per heavy atom. The minimum absolute atomic E-state index is 0.431. The average Bonchev–Trinajstić information content (AvgIpc) is 3.33. The van der Waals surface area contributed by atoms with E-state index >= 15 is 0 Å². The van der Waals surface area contributed by atoms with Crippen LogP contribution in [-0.4, -0.2) is 35.3 Å². The number of ether oxygens (including phenoxy) is 1. The number of furan rings is 1. The minimum Gasteiger partial charge on any atom is -0.462 e. The van der Waals surface area contributed by atoms with Gasteiger partial charge in [-0.05, 0) is 49.2 Å². The molecule has 0 radical (unpaired) electrons. The number of nitrogens with one attached hydrogen (secondary N) is 1. The van der Waals surface area contributed by atoms with Crippen molar-refractivity contribution in [3.05, 3.63) is 64.8 Å². The molecule has 0 aliphatic carbocycles. The van der Waals surface area contributed by atoms with Gasteiger partial charge < -0.3 is 9.15 Å². The maximum Gasteiger partial charge on any atom is 0.129 e. The van der Waals surface area contributed by atoms with Crippen molar-refractivity contribution in [2.75, 3.05) is 20.2 Å². The second-order valence-electron chi connectivity index (χ2n) is 7.08. The fraction of sp³-hybridized carbons (Fsp3) is 0.381. The van der Waals surface area contributed by atoms with Crippen LogP contribution in [0.15, 0.2) is 47.0 Å². The van der Waals surface area contributed by atoms with E-state index in [1.807, 2.05) is 30.5 Å². The van der Waals surface area contributed by atoms with Crippen LogP contribution in [0.5, 0.6) is 0 Å². The van der Waals surface area contributed by atoms with Crippen molar-refractivity contribution in [1.29, 1.82) is 0 Å². The van der Waals surface area contributed by atoms with Crippen LogP contribution in [0.3, 0.4) is 0 Å². The Bertz CT molecular complexity index is 872. The third kappa shape index (κ3) is 4.26. The first-order chi connectivity index (χ1) is 13.2. The van der Waals surface area contributed by atoms with E-state index in [1.54, 1.807) is 7.11 Å². The van der Waals surface area contributed by atoms with Gasteiger partial charge in [0.25, 0.3) is 0 Å². The van der Waals surface area contributed by atoms with Gasteiger partial charge in [-0.25, -0.2) is 0 Å². The molecular weight excluding hydrogens is 362 g/mol. The predicted octanol–water partition coefficient (Wildman–Crippen LogP) is 4.85. The summed E-state index contributed by atoms with van der Waals surface area (Å²) in [6.45, 7) is 3.41. The van der Waals surface area contributed by atoms with Gasteiger partial charge in [-0.1, -0.05) is 23.7 Å². The van der Waals surface area contributed by atoms with Crippen molar-refractivity contribution in [1.82, 2.24) is 15.1 Å². The number of rotatable bonds is 6. The Morgan fingerprint density at radius 2 is 2.04 bits per heavy atom. The van der Waals surface area contributed by atoms with Crippen molar-refractivity contribution in [2.45, 2.75) is 31.9 Å². The highest BCUT2D eigenvalue weighted by molar-refractivity contribution is 6.30. The van der Waals surface area contributed by atoms with Crippen LogP contribution in [-0.2, 0) is 17.9 Å². The molecule has 0 spiro atoms. The summed E-state index contributed by atoms with van der Waals surface area (Å²) in [5, 5.41) is 8.31. The molecular formula is C21H24ClN3O2. The molecule has 2 aromatic heterocycles. The summed E-state index contributed by atoms with van der Waals surface area (Å²) in [5.41, 5.74) is 3.52. The summed E-state index contributed by atoms with van der Waals surface area (Å²) in [6, 6.07) is 12.0. The third-order valence-corrected chi connectivity index (χ3v) is 5.37. The van der Waals surface area contributed by atoms with Crippen LogP contribution < -0.4 is 0 Å². The number of nitrogens with zero attached hydrogens (tertiary/aromatic N) is 2. The second-order valence-corrected chi connectivity index (χ2v) is 7.52. The molecule has 3 heterocycles. The standard InChI is InChI=1S/C21H24ClN3O2/c1-26-14-19-9-8-18(27-19)13-25-10-2-3-16(12-25)21-20(11-23-24-21)15-4-6-17(22)7-5-15/h4-9,11,16H,2-3,10,12-14H2,1H3,(H,23,24)/t16-/m1/s1. The van der Waals surface area contributed by atoms with Crippen LogP contribution in [0.2, 0.25) is 5.02 Å². The average molecular weight is 386 g/mol. The van der Waals surface area contributed by atoms with Gasteiger partial charge >= 0.3 is 0 Å². The molecule has 0 saturated carbocycles. The van der Waals surface area contributed by atoms with Gasteiger partial charge in [0.05, 0.1) is 12.7 Å². The quantitative estimate of drug-likeness (QED) is 0.659.